The van der Waals surface area contributed by atoms with E-state index in [1.807, 2.05) is 0 Å². The number of anilines is 1. The van der Waals surface area contributed by atoms with Crippen molar-refractivity contribution in [2.75, 3.05) is 25.6 Å². The van der Waals surface area contributed by atoms with Gasteiger partial charge in [0.15, 0.2) is 5.13 Å². The molecule has 0 spiro atoms. The van der Waals surface area contributed by atoms with Gasteiger partial charge in [-0.25, -0.2) is 4.98 Å². The van der Waals surface area contributed by atoms with E-state index in [9.17, 15) is 9.59 Å². The standard InChI is InChI=1S/C8H11N3O3S/c1-14-3-2-9-7(13)6-4-15-8(11-6)10-5-12/h4-5H,2-3H2,1H3,(H,9,13)(H,10,11,12). The van der Waals surface area contributed by atoms with Crippen LogP contribution in [-0.2, 0) is 9.53 Å². The molecule has 6 nitrogen and oxygen atoms in total. The Bertz CT molecular complexity index is 340. The highest BCUT2D eigenvalue weighted by Gasteiger charge is 2.09. The lowest BCUT2D eigenvalue weighted by atomic mass is 10.4. The number of rotatable bonds is 6. The van der Waals surface area contributed by atoms with E-state index in [0.717, 1.165) is 0 Å². The molecule has 0 saturated heterocycles. The third-order valence-corrected chi connectivity index (χ3v) is 2.28. The number of hydrogen-bond donors (Lipinski definition) is 2. The summed E-state index contributed by atoms with van der Waals surface area (Å²) >= 11 is 1.20. The zero-order valence-electron chi connectivity index (χ0n) is 8.15. The summed E-state index contributed by atoms with van der Waals surface area (Å²) < 4.78 is 4.78. The van der Waals surface area contributed by atoms with E-state index in [1.54, 1.807) is 12.5 Å². The summed E-state index contributed by atoms with van der Waals surface area (Å²) in [5.74, 6) is -0.276. The Morgan fingerprint density at radius 1 is 1.73 bits per heavy atom. The number of amides is 2. The first-order valence-corrected chi connectivity index (χ1v) is 5.08. The minimum Gasteiger partial charge on any atom is -0.383 e. The molecular weight excluding hydrogens is 218 g/mol. The molecule has 0 radical (unpaired) electrons. The molecular formula is C8H11N3O3S. The van der Waals surface area contributed by atoms with Crippen molar-refractivity contribution in [1.82, 2.24) is 10.3 Å². The van der Waals surface area contributed by atoms with E-state index in [4.69, 9.17) is 4.74 Å². The van der Waals surface area contributed by atoms with Gasteiger partial charge < -0.3 is 15.4 Å². The first kappa shape index (κ1) is 11.6. The maximum Gasteiger partial charge on any atom is 0.270 e. The molecule has 1 heterocycles. The Labute approximate surface area is 90.7 Å². The smallest absolute Gasteiger partial charge is 0.270 e. The lowest BCUT2D eigenvalue weighted by Gasteiger charge is -2.00. The molecule has 1 aromatic heterocycles. The molecule has 0 bridgehead atoms. The van der Waals surface area contributed by atoms with Crippen molar-refractivity contribution < 1.29 is 14.3 Å². The molecule has 2 amide bonds. The van der Waals surface area contributed by atoms with Gasteiger partial charge in [-0.15, -0.1) is 11.3 Å². The summed E-state index contributed by atoms with van der Waals surface area (Å²) in [6, 6.07) is 0. The van der Waals surface area contributed by atoms with Crippen LogP contribution in [0, 0.1) is 0 Å². The Morgan fingerprint density at radius 2 is 2.53 bits per heavy atom. The first-order chi connectivity index (χ1) is 7.27. The highest BCUT2D eigenvalue weighted by atomic mass is 32.1. The Balaban J connectivity index is 2.46. The van der Waals surface area contributed by atoms with Crippen LogP contribution >= 0.6 is 11.3 Å². The lowest BCUT2D eigenvalue weighted by molar-refractivity contribution is -0.105. The number of carbonyl (C=O) groups is 2. The topological polar surface area (TPSA) is 80.3 Å². The van der Waals surface area contributed by atoms with Crippen LogP contribution in [0.1, 0.15) is 10.5 Å². The summed E-state index contributed by atoms with van der Waals surface area (Å²) in [7, 11) is 1.56. The summed E-state index contributed by atoms with van der Waals surface area (Å²) in [4.78, 5) is 25.4. The fourth-order valence-corrected chi connectivity index (χ4v) is 1.50. The molecule has 7 heteroatoms. The highest BCUT2D eigenvalue weighted by molar-refractivity contribution is 7.14. The van der Waals surface area contributed by atoms with Gasteiger partial charge >= 0.3 is 0 Å². The Hall–Kier alpha value is -1.47. The van der Waals surface area contributed by atoms with Crippen molar-refractivity contribution in [1.29, 1.82) is 0 Å². The third-order valence-electron chi connectivity index (χ3n) is 1.51. The van der Waals surface area contributed by atoms with E-state index in [0.29, 0.717) is 30.4 Å². The summed E-state index contributed by atoms with van der Waals surface area (Å²) in [5, 5.41) is 6.97. The molecule has 1 aromatic rings. The van der Waals surface area contributed by atoms with Crippen LogP contribution in [0.15, 0.2) is 5.38 Å². The minimum absolute atomic E-state index is 0.276. The van der Waals surface area contributed by atoms with Gasteiger partial charge in [-0.2, -0.15) is 0 Å². The van der Waals surface area contributed by atoms with E-state index >= 15 is 0 Å². The van der Waals surface area contributed by atoms with Crippen molar-refractivity contribution in [3.05, 3.63) is 11.1 Å². The predicted octanol–water partition coefficient (Wildman–Crippen LogP) is 0.0876. The van der Waals surface area contributed by atoms with Crippen molar-refractivity contribution in [2.24, 2.45) is 0 Å². The molecule has 0 atom stereocenters. The molecule has 15 heavy (non-hydrogen) atoms. The normalized spacial score (nSPS) is 9.67. The second kappa shape index (κ2) is 6.10. The largest absolute Gasteiger partial charge is 0.383 e. The summed E-state index contributed by atoms with van der Waals surface area (Å²) in [6.45, 7) is 0.888. The maximum atomic E-state index is 11.4. The minimum atomic E-state index is -0.276. The van der Waals surface area contributed by atoms with E-state index < -0.39 is 0 Å². The van der Waals surface area contributed by atoms with Crippen molar-refractivity contribution >= 4 is 28.8 Å². The molecule has 0 aromatic carbocycles. The number of thiazole rings is 1. The second-order valence-electron chi connectivity index (χ2n) is 2.55. The van der Waals surface area contributed by atoms with Crippen molar-refractivity contribution in [3.8, 4) is 0 Å². The quantitative estimate of drug-likeness (QED) is 0.535. The molecule has 0 aliphatic heterocycles. The van der Waals surface area contributed by atoms with Crippen LogP contribution in [0.2, 0.25) is 0 Å². The van der Waals surface area contributed by atoms with E-state index in [2.05, 4.69) is 15.6 Å². The zero-order valence-corrected chi connectivity index (χ0v) is 8.97. The monoisotopic (exact) mass is 229 g/mol. The number of ether oxygens (including phenoxy) is 1. The van der Waals surface area contributed by atoms with Gasteiger partial charge in [0, 0.05) is 19.0 Å². The molecule has 1 rings (SSSR count). The van der Waals surface area contributed by atoms with E-state index in [1.165, 1.54) is 11.3 Å². The van der Waals surface area contributed by atoms with Gasteiger partial charge in [0.25, 0.3) is 5.91 Å². The zero-order chi connectivity index (χ0) is 11.1. The van der Waals surface area contributed by atoms with Crippen molar-refractivity contribution in [3.63, 3.8) is 0 Å². The molecule has 0 aliphatic carbocycles. The summed E-state index contributed by atoms with van der Waals surface area (Å²) in [5.41, 5.74) is 0.292. The van der Waals surface area contributed by atoms with Crippen molar-refractivity contribution in [2.45, 2.75) is 0 Å². The Kier molecular flexibility index (Phi) is 4.72. The number of nitrogens with zero attached hydrogens (tertiary/aromatic N) is 1. The van der Waals surface area contributed by atoms with Crippen LogP contribution in [0.25, 0.3) is 0 Å². The number of hydrogen-bond acceptors (Lipinski definition) is 5. The fourth-order valence-electron chi connectivity index (χ4n) is 0.852. The number of carbonyl (C=O) groups excluding carboxylic acids is 2. The molecule has 0 aliphatic rings. The third kappa shape index (κ3) is 3.64. The van der Waals surface area contributed by atoms with Gasteiger partial charge in [-0.05, 0) is 0 Å². The van der Waals surface area contributed by atoms with Crippen LogP contribution in [0.4, 0.5) is 5.13 Å². The van der Waals surface area contributed by atoms with Gasteiger partial charge in [0.1, 0.15) is 5.69 Å². The maximum absolute atomic E-state index is 11.4. The van der Waals surface area contributed by atoms with Gasteiger partial charge in [-0.1, -0.05) is 0 Å². The van der Waals surface area contributed by atoms with Crippen LogP contribution in [0.5, 0.6) is 0 Å². The molecule has 0 unspecified atom stereocenters. The van der Waals surface area contributed by atoms with Gasteiger partial charge in [0.05, 0.1) is 6.61 Å². The highest BCUT2D eigenvalue weighted by Crippen LogP contribution is 2.13. The number of nitrogens with one attached hydrogen (secondary N) is 2. The first-order valence-electron chi connectivity index (χ1n) is 4.20. The van der Waals surface area contributed by atoms with Crippen LogP contribution in [0.3, 0.4) is 0 Å². The number of aromatic nitrogens is 1. The van der Waals surface area contributed by atoms with Gasteiger partial charge in [0.2, 0.25) is 6.41 Å². The lowest BCUT2D eigenvalue weighted by Crippen LogP contribution is -2.27. The molecule has 82 valence electrons. The van der Waals surface area contributed by atoms with Crippen LogP contribution in [-0.4, -0.2) is 37.6 Å². The van der Waals surface area contributed by atoms with Crippen LogP contribution < -0.4 is 10.6 Å². The predicted molar refractivity (Wildman–Crippen MR) is 56.0 cm³/mol. The summed E-state index contributed by atoms with van der Waals surface area (Å²) in [6.07, 6.45) is 0.519. The van der Waals surface area contributed by atoms with Gasteiger partial charge in [-0.3, -0.25) is 9.59 Å². The molecule has 0 fully saturated rings. The van der Waals surface area contributed by atoms with E-state index in [-0.39, 0.29) is 5.91 Å². The average Bonchev–Trinajstić information content (AvgIpc) is 2.67. The molecule has 0 saturated carbocycles. The Morgan fingerprint density at radius 3 is 3.20 bits per heavy atom. The fraction of sp³-hybridized carbons (Fsp3) is 0.375. The average molecular weight is 229 g/mol. The number of methoxy groups -OCH3 is 1. The SMILES string of the molecule is COCCNC(=O)c1csc(NC=O)n1. The second-order valence-corrected chi connectivity index (χ2v) is 3.41. The molecule has 2 N–H and O–H groups in total.